The standard InChI is InChI=1S/C31H37N3O6/c1-4-37-31(36)25-6-5-13-34(17-25)30(35)26-19-38-29(32-26)18-33(15-22-7-10-24(11-8-22)21(2)3)16-23-9-12-27-28(14-23)40-20-39-27/h7-12,14,19,21,25H,4-6,13,15-18,20H2,1-3H3. The van der Waals surface area contributed by atoms with Crippen LogP contribution in [0.4, 0.5) is 0 Å². The second-order valence-corrected chi connectivity index (χ2v) is 10.7. The summed E-state index contributed by atoms with van der Waals surface area (Å²) in [7, 11) is 0. The number of nitrogens with zero attached hydrogens (tertiary/aromatic N) is 3. The minimum absolute atomic E-state index is 0.226. The zero-order chi connectivity index (χ0) is 28.1. The highest BCUT2D eigenvalue weighted by molar-refractivity contribution is 5.92. The molecule has 1 aromatic heterocycles. The Balaban J connectivity index is 1.29. The fourth-order valence-electron chi connectivity index (χ4n) is 5.18. The van der Waals surface area contributed by atoms with Gasteiger partial charge in [-0.25, -0.2) is 4.98 Å². The zero-order valence-electron chi connectivity index (χ0n) is 23.4. The second kappa shape index (κ2) is 12.6. The van der Waals surface area contributed by atoms with Crippen LogP contribution in [0.3, 0.4) is 0 Å². The average molecular weight is 548 g/mol. The summed E-state index contributed by atoms with van der Waals surface area (Å²) in [6.07, 6.45) is 2.89. The number of rotatable bonds is 10. The summed E-state index contributed by atoms with van der Waals surface area (Å²) in [5, 5.41) is 0. The van der Waals surface area contributed by atoms with E-state index < -0.39 is 0 Å². The van der Waals surface area contributed by atoms with E-state index in [-0.39, 0.29) is 30.3 Å². The summed E-state index contributed by atoms with van der Waals surface area (Å²) >= 11 is 0. The number of fused-ring (bicyclic) bond motifs is 1. The van der Waals surface area contributed by atoms with Gasteiger partial charge in [0.1, 0.15) is 6.26 Å². The molecule has 1 saturated heterocycles. The third-order valence-electron chi connectivity index (χ3n) is 7.35. The first kappa shape index (κ1) is 27.7. The maximum absolute atomic E-state index is 13.2. The third kappa shape index (κ3) is 6.65. The number of carbonyl (C=O) groups excluding carboxylic acids is 2. The van der Waals surface area contributed by atoms with Crippen molar-refractivity contribution in [2.24, 2.45) is 5.92 Å². The molecular weight excluding hydrogens is 510 g/mol. The Morgan fingerprint density at radius 2 is 1.80 bits per heavy atom. The first-order valence-electron chi connectivity index (χ1n) is 14.0. The zero-order valence-corrected chi connectivity index (χ0v) is 23.4. The average Bonchev–Trinajstić information content (AvgIpc) is 3.62. The predicted octanol–water partition coefficient (Wildman–Crippen LogP) is 5.14. The van der Waals surface area contributed by atoms with Gasteiger partial charge in [-0.2, -0.15) is 0 Å². The molecule has 40 heavy (non-hydrogen) atoms. The summed E-state index contributed by atoms with van der Waals surface area (Å²) in [5.41, 5.74) is 3.80. The summed E-state index contributed by atoms with van der Waals surface area (Å²) in [5.74, 6) is 1.64. The Hall–Kier alpha value is -3.85. The van der Waals surface area contributed by atoms with Crippen molar-refractivity contribution >= 4 is 11.9 Å². The SMILES string of the molecule is CCOC(=O)C1CCCN(C(=O)c2coc(CN(Cc3ccc(C(C)C)cc3)Cc3ccc4c(c3)OCO4)n2)C1. The molecule has 0 bridgehead atoms. The van der Waals surface area contributed by atoms with Gasteiger partial charge >= 0.3 is 5.97 Å². The monoisotopic (exact) mass is 547 g/mol. The van der Waals surface area contributed by atoms with Gasteiger partial charge in [0.15, 0.2) is 17.2 Å². The number of hydrogen-bond acceptors (Lipinski definition) is 8. The number of aromatic nitrogens is 1. The van der Waals surface area contributed by atoms with Gasteiger partial charge in [-0.3, -0.25) is 14.5 Å². The van der Waals surface area contributed by atoms with E-state index in [2.05, 4.69) is 48.0 Å². The van der Waals surface area contributed by atoms with E-state index in [0.717, 1.165) is 29.9 Å². The van der Waals surface area contributed by atoms with Crippen molar-refractivity contribution in [2.75, 3.05) is 26.5 Å². The van der Waals surface area contributed by atoms with Crippen molar-refractivity contribution in [3.63, 3.8) is 0 Å². The van der Waals surface area contributed by atoms with Gasteiger partial charge in [0.05, 0.1) is 19.1 Å². The highest BCUT2D eigenvalue weighted by atomic mass is 16.7. The van der Waals surface area contributed by atoms with E-state index >= 15 is 0 Å². The van der Waals surface area contributed by atoms with E-state index in [1.807, 2.05) is 18.2 Å². The minimum Gasteiger partial charge on any atom is -0.466 e. The third-order valence-corrected chi connectivity index (χ3v) is 7.35. The van der Waals surface area contributed by atoms with E-state index in [1.54, 1.807) is 11.8 Å². The van der Waals surface area contributed by atoms with Crippen LogP contribution < -0.4 is 9.47 Å². The van der Waals surface area contributed by atoms with Gasteiger partial charge in [-0.1, -0.05) is 44.2 Å². The quantitative estimate of drug-likeness (QED) is 0.322. The molecule has 0 saturated carbocycles. The molecule has 3 aromatic rings. The molecule has 9 nitrogen and oxygen atoms in total. The fraction of sp³-hybridized carbons (Fsp3) is 0.452. The highest BCUT2D eigenvalue weighted by Gasteiger charge is 2.31. The summed E-state index contributed by atoms with van der Waals surface area (Å²) in [6, 6.07) is 14.6. The minimum atomic E-state index is -0.303. The Kier molecular flexibility index (Phi) is 8.69. The van der Waals surface area contributed by atoms with Crippen LogP contribution in [0, 0.1) is 5.92 Å². The lowest BCUT2D eigenvalue weighted by Crippen LogP contribution is -2.43. The van der Waals surface area contributed by atoms with E-state index in [9.17, 15) is 9.59 Å². The number of esters is 1. The first-order valence-corrected chi connectivity index (χ1v) is 14.0. The fourth-order valence-corrected chi connectivity index (χ4v) is 5.18. The number of hydrogen-bond donors (Lipinski definition) is 0. The molecule has 9 heteroatoms. The van der Waals surface area contributed by atoms with E-state index in [1.165, 1.54) is 17.4 Å². The molecule has 0 spiro atoms. The Labute approximate surface area is 235 Å². The number of carbonyl (C=O) groups is 2. The lowest BCUT2D eigenvalue weighted by atomic mass is 9.98. The maximum atomic E-state index is 13.2. The molecule has 0 aliphatic carbocycles. The van der Waals surface area contributed by atoms with Crippen molar-refractivity contribution in [2.45, 2.75) is 59.2 Å². The molecule has 1 atom stereocenters. The first-order chi connectivity index (χ1) is 19.4. The van der Waals surface area contributed by atoms with Crippen molar-refractivity contribution < 1.29 is 28.2 Å². The van der Waals surface area contributed by atoms with Crippen LogP contribution in [0.15, 0.2) is 53.1 Å². The molecule has 0 radical (unpaired) electrons. The summed E-state index contributed by atoms with van der Waals surface area (Å²) in [4.78, 5) is 33.9. The number of ether oxygens (including phenoxy) is 3. The summed E-state index contributed by atoms with van der Waals surface area (Å²) < 4.78 is 22.0. The molecule has 2 aromatic carbocycles. The molecule has 1 fully saturated rings. The molecular formula is C31H37N3O6. The van der Waals surface area contributed by atoms with Crippen molar-refractivity contribution in [3.05, 3.63) is 77.0 Å². The number of likely N-dealkylation sites (tertiary alicyclic amines) is 1. The number of oxazole rings is 1. The molecule has 3 heterocycles. The number of piperidine rings is 1. The largest absolute Gasteiger partial charge is 0.466 e. The smallest absolute Gasteiger partial charge is 0.310 e. The van der Waals surface area contributed by atoms with Crippen LogP contribution >= 0.6 is 0 Å². The van der Waals surface area contributed by atoms with Crippen LogP contribution in [0.1, 0.15) is 72.6 Å². The van der Waals surface area contributed by atoms with Gasteiger partial charge in [0.25, 0.3) is 5.91 Å². The summed E-state index contributed by atoms with van der Waals surface area (Å²) in [6.45, 7) is 9.36. The Morgan fingerprint density at radius 1 is 1.05 bits per heavy atom. The second-order valence-electron chi connectivity index (χ2n) is 10.7. The van der Waals surface area contributed by atoms with Crippen LogP contribution in [0.5, 0.6) is 11.5 Å². The van der Waals surface area contributed by atoms with Crippen molar-refractivity contribution in [3.8, 4) is 11.5 Å². The molecule has 1 amide bonds. The van der Waals surface area contributed by atoms with Gasteiger partial charge in [-0.05, 0) is 54.5 Å². The lowest BCUT2D eigenvalue weighted by Gasteiger charge is -2.30. The number of benzene rings is 2. The Morgan fingerprint density at radius 3 is 2.58 bits per heavy atom. The van der Waals surface area contributed by atoms with Gasteiger partial charge in [0, 0.05) is 26.2 Å². The molecule has 2 aliphatic heterocycles. The van der Waals surface area contributed by atoms with Crippen LogP contribution in [0.25, 0.3) is 0 Å². The molecule has 1 unspecified atom stereocenters. The van der Waals surface area contributed by atoms with Gasteiger partial charge < -0.3 is 23.5 Å². The normalized spacial score (nSPS) is 16.5. The maximum Gasteiger partial charge on any atom is 0.310 e. The van der Waals surface area contributed by atoms with Gasteiger partial charge in [0.2, 0.25) is 12.7 Å². The highest BCUT2D eigenvalue weighted by Crippen LogP contribution is 2.33. The van der Waals surface area contributed by atoms with Crippen molar-refractivity contribution in [1.29, 1.82) is 0 Å². The van der Waals surface area contributed by atoms with Crippen LogP contribution in [0.2, 0.25) is 0 Å². The topological polar surface area (TPSA) is 94.3 Å². The van der Waals surface area contributed by atoms with Crippen LogP contribution in [-0.2, 0) is 29.2 Å². The van der Waals surface area contributed by atoms with Crippen molar-refractivity contribution in [1.82, 2.24) is 14.8 Å². The van der Waals surface area contributed by atoms with Crippen LogP contribution in [-0.4, -0.2) is 53.1 Å². The van der Waals surface area contributed by atoms with Gasteiger partial charge in [-0.15, -0.1) is 0 Å². The molecule has 5 rings (SSSR count). The molecule has 212 valence electrons. The lowest BCUT2D eigenvalue weighted by molar-refractivity contribution is -0.149. The number of amides is 1. The van der Waals surface area contributed by atoms with E-state index in [0.29, 0.717) is 51.1 Å². The predicted molar refractivity (Wildman–Crippen MR) is 148 cm³/mol. The Bertz CT molecular complexity index is 1320. The molecule has 0 N–H and O–H groups in total. The van der Waals surface area contributed by atoms with E-state index in [4.69, 9.17) is 18.6 Å². The molecule has 2 aliphatic rings.